The Morgan fingerprint density at radius 3 is 2.84 bits per heavy atom. The fourth-order valence-electron chi connectivity index (χ4n) is 2.31. The summed E-state index contributed by atoms with van der Waals surface area (Å²) in [5, 5.41) is 12.8. The number of rotatable bonds is 6. The number of carbonyl (C=O) groups excluding carboxylic acids is 1. The molecule has 0 aliphatic heterocycles. The SMILES string of the molecule is CC(C)[C@@H](Cn1nc(-c2cccs2)ccc1=O)NC(=O)c1cnoc1. The van der Waals surface area contributed by atoms with Gasteiger partial charge in [-0.15, -0.1) is 11.3 Å². The van der Waals surface area contributed by atoms with Crippen LogP contribution in [0.25, 0.3) is 10.6 Å². The predicted octanol–water partition coefficient (Wildman–Crippen LogP) is 2.41. The van der Waals surface area contributed by atoms with Gasteiger partial charge in [-0.05, 0) is 23.4 Å². The van der Waals surface area contributed by atoms with Gasteiger partial charge in [0.05, 0.1) is 29.2 Å². The summed E-state index contributed by atoms with van der Waals surface area (Å²) in [6.45, 7) is 4.24. The molecule has 1 amide bonds. The minimum absolute atomic E-state index is 0.114. The molecule has 1 N–H and O–H groups in total. The van der Waals surface area contributed by atoms with E-state index in [1.807, 2.05) is 31.4 Å². The highest BCUT2D eigenvalue weighted by atomic mass is 32.1. The van der Waals surface area contributed by atoms with Crippen molar-refractivity contribution in [3.63, 3.8) is 0 Å². The molecule has 7 nitrogen and oxygen atoms in total. The average molecular weight is 358 g/mol. The summed E-state index contributed by atoms with van der Waals surface area (Å²) < 4.78 is 6.09. The zero-order chi connectivity index (χ0) is 17.8. The highest BCUT2D eigenvalue weighted by molar-refractivity contribution is 7.13. The van der Waals surface area contributed by atoms with Crippen LogP contribution in [0, 0.1) is 5.92 Å². The first-order valence-electron chi connectivity index (χ1n) is 7.87. The maximum Gasteiger partial charge on any atom is 0.266 e. The summed E-state index contributed by atoms with van der Waals surface area (Å²) in [5.74, 6) is -0.176. The molecule has 0 fully saturated rings. The molecule has 0 radical (unpaired) electrons. The predicted molar refractivity (Wildman–Crippen MR) is 94.4 cm³/mol. The first-order valence-corrected chi connectivity index (χ1v) is 8.75. The number of nitrogens with one attached hydrogen (secondary N) is 1. The number of hydrogen-bond donors (Lipinski definition) is 1. The van der Waals surface area contributed by atoms with Gasteiger partial charge in [0, 0.05) is 6.07 Å². The van der Waals surface area contributed by atoms with E-state index in [1.54, 1.807) is 17.4 Å². The van der Waals surface area contributed by atoms with E-state index in [9.17, 15) is 9.59 Å². The van der Waals surface area contributed by atoms with Crippen molar-refractivity contribution < 1.29 is 9.32 Å². The van der Waals surface area contributed by atoms with Gasteiger partial charge >= 0.3 is 0 Å². The molecule has 0 unspecified atom stereocenters. The normalized spacial score (nSPS) is 12.3. The van der Waals surface area contributed by atoms with Crippen LogP contribution < -0.4 is 10.9 Å². The maximum absolute atomic E-state index is 12.2. The molecule has 0 bridgehead atoms. The number of hydrogen-bond acceptors (Lipinski definition) is 6. The van der Waals surface area contributed by atoms with Crippen LogP contribution in [0.5, 0.6) is 0 Å². The molecule has 0 saturated carbocycles. The van der Waals surface area contributed by atoms with E-state index >= 15 is 0 Å². The van der Waals surface area contributed by atoms with Crippen molar-refractivity contribution in [2.24, 2.45) is 5.92 Å². The molecule has 3 aromatic rings. The van der Waals surface area contributed by atoms with E-state index in [-0.39, 0.29) is 30.0 Å². The topological polar surface area (TPSA) is 90.0 Å². The number of aromatic nitrogens is 3. The standard InChI is InChI=1S/C17H18N4O3S/c1-11(2)14(19-17(23)12-8-18-24-10-12)9-21-16(22)6-5-13(20-21)15-4-3-7-25-15/h3-8,10-11,14H,9H2,1-2H3,(H,19,23)/t14-/m1/s1. The highest BCUT2D eigenvalue weighted by Crippen LogP contribution is 2.21. The van der Waals surface area contributed by atoms with Crippen LogP contribution >= 0.6 is 11.3 Å². The lowest BCUT2D eigenvalue weighted by Crippen LogP contribution is -2.43. The zero-order valence-electron chi connectivity index (χ0n) is 13.9. The minimum Gasteiger partial charge on any atom is -0.364 e. The molecular formula is C17H18N4O3S. The molecule has 0 aliphatic carbocycles. The summed E-state index contributed by atoms with van der Waals surface area (Å²) in [6, 6.07) is 6.85. The van der Waals surface area contributed by atoms with Gasteiger partial charge < -0.3 is 9.84 Å². The molecule has 0 saturated heterocycles. The Bertz CT molecular complexity index is 885. The van der Waals surface area contributed by atoms with Gasteiger partial charge in [-0.3, -0.25) is 9.59 Å². The molecule has 0 aliphatic rings. The Labute approximate surface area is 148 Å². The van der Waals surface area contributed by atoms with Crippen molar-refractivity contribution in [1.29, 1.82) is 0 Å². The van der Waals surface area contributed by atoms with Crippen LogP contribution in [0.4, 0.5) is 0 Å². The Kier molecular flexibility index (Phi) is 5.08. The second kappa shape index (κ2) is 7.43. The number of nitrogens with zero attached hydrogens (tertiary/aromatic N) is 3. The minimum atomic E-state index is -0.289. The molecule has 3 aromatic heterocycles. The number of thiophene rings is 1. The second-order valence-corrected chi connectivity index (χ2v) is 6.90. The lowest BCUT2D eigenvalue weighted by atomic mass is 10.0. The van der Waals surface area contributed by atoms with Crippen molar-refractivity contribution in [3.05, 3.63) is 58.0 Å². The van der Waals surface area contributed by atoms with Crippen molar-refractivity contribution >= 4 is 17.2 Å². The van der Waals surface area contributed by atoms with Crippen LogP contribution in [-0.2, 0) is 6.54 Å². The first-order chi connectivity index (χ1) is 12.0. The Morgan fingerprint density at radius 1 is 1.36 bits per heavy atom. The molecule has 3 rings (SSSR count). The summed E-state index contributed by atoms with van der Waals surface area (Å²) in [6.07, 6.45) is 2.64. The molecule has 130 valence electrons. The van der Waals surface area contributed by atoms with E-state index in [0.29, 0.717) is 5.56 Å². The quantitative estimate of drug-likeness (QED) is 0.731. The van der Waals surface area contributed by atoms with Gasteiger partial charge in [-0.25, -0.2) is 4.68 Å². The fourth-order valence-corrected chi connectivity index (χ4v) is 3.00. The molecule has 3 heterocycles. The highest BCUT2D eigenvalue weighted by Gasteiger charge is 2.20. The summed E-state index contributed by atoms with van der Waals surface area (Å²) in [5.41, 5.74) is 0.881. The van der Waals surface area contributed by atoms with Crippen molar-refractivity contribution in [2.45, 2.75) is 26.4 Å². The third-order valence-corrected chi connectivity index (χ3v) is 4.72. The Balaban J connectivity index is 1.81. The Morgan fingerprint density at radius 2 is 2.20 bits per heavy atom. The average Bonchev–Trinajstić information content (AvgIpc) is 3.29. The van der Waals surface area contributed by atoms with Gasteiger partial charge in [0.2, 0.25) is 0 Å². The number of carbonyl (C=O) groups is 1. The lowest BCUT2D eigenvalue weighted by molar-refractivity contribution is 0.0918. The third kappa shape index (κ3) is 4.03. The monoisotopic (exact) mass is 358 g/mol. The van der Waals surface area contributed by atoms with E-state index < -0.39 is 0 Å². The Hall–Kier alpha value is -2.74. The van der Waals surface area contributed by atoms with E-state index in [2.05, 4.69) is 15.6 Å². The molecular weight excluding hydrogens is 340 g/mol. The fraction of sp³-hybridized carbons (Fsp3) is 0.294. The molecule has 0 spiro atoms. The largest absolute Gasteiger partial charge is 0.364 e. The van der Waals surface area contributed by atoms with Crippen molar-refractivity contribution in [3.8, 4) is 10.6 Å². The van der Waals surface area contributed by atoms with Gasteiger partial charge in [0.1, 0.15) is 12.0 Å². The summed E-state index contributed by atoms with van der Waals surface area (Å²) >= 11 is 1.56. The molecule has 25 heavy (non-hydrogen) atoms. The summed E-state index contributed by atoms with van der Waals surface area (Å²) in [4.78, 5) is 25.4. The molecule has 0 aromatic carbocycles. The van der Waals surface area contributed by atoms with Crippen LogP contribution in [0.1, 0.15) is 24.2 Å². The van der Waals surface area contributed by atoms with Crippen molar-refractivity contribution in [2.75, 3.05) is 0 Å². The van der Waals surface area contributed by atoms with Crippen LogP contribution in [0.3, 0.4) is 0 Å². The first kappa shape index (κ1) is 17.1. The van der Waals surface area contributed by atoms with Gasteiger partial charge in [-0.1, -0.05) is 25.1 Å². The van der Waals surface area contributed by atoms with E-state index in [0.717, 1.165) is 10.6 Å². The van der Waals surface area contributed by atoms with Gasteiger partial charge in [0.15, 0.2) is 0 Å². The number of amides is 1. The summed E-state index contributed by atoms with van der Waals surface area (Å²) in [7, 11) is 0. The second-order valence-electron chi connectivity index (χ2n) is 5.95. The smallest absolute Gasteiger partial charge is 0.266 e. The van der Waals surface area contributed by atoms with E-state index in [1.165, 1.54) is 23.2 Å². The third-order valence-electron chi connectivity index (χ3n) is 3.83. The molecule has 1 atom stereocenters. The maximum atomic E-state index is 12.2. The zero-order valence-corrected chi connectivity index (χ0v) is 14.7. The van der Waals surface area contributed by atoms with Gasteiger partial charge in [0.25, 0.3) is 11.5 Å². The molecule has 8 heteroatoms. The van der Waals surface area contributed by atoms with Gasteiger partial charge in [-0.2, -0.15) is 5.10 Å². The van der Waals surface area contributed by atoms with Crippen molar-refractivity contribution in [1.82, 2.24) is 20.3 Å². The van der Waals surface area contributed by atoms with E-state index in [4.69, 9.17) is 4.52 Å². The lowest BCUT2D eigenvalue weighted by Gasteiger charge is -2.22. The van der Waals surface area contributed by atoms with Crippen LogP contribution in [0.2, 0.25) is 0 Å². The van der Waals surface area contributed by atoms with Crippen LogP contribution in [-0.4, -0.2) is 26.9 Å². The van der Waals surface area contributed by atoms with Crippen LogP contribution in [0.15, 0.2) is 51.4 Å².